The number of ether oxygens (including phenoxy) is 1. The molecule has 0 radical (unpaired) electrons. The summed E-state index contributed by atoms with van der Waals surface area (Å²) in [5.74, 6) is 0. The molecule has 1 aromatic carbocycles. The first-order chi connectivity index (χ1) is 10.3. The third-order valence-electron chi connectivity index (χ3n) is 3.14. The van der Waals surface area contributed by atoms with Crippen LogP contribution in [0.2, 0.25) is 0 Å². The van der Waals surface area contributed by atoms with Crippen molar-refractivity contribution >= 4 is 17.9 Å². The number of carbonyl (C=O) groups is 1. The van der Waals surface area contributed by atoms with Gasteiger partial charge in [0.1, 0.15) is 5.60 Å². The van der Waals surface area contributed by atoms with E-state index < -0.39 is 5.60 Å². The fourth-order valence-electron chi connectivity index (χ4n) is 1.89. The molecule has 1 atom stereocenters. The Labute approximate surface area is 138 Å². The molecule has 0 aliphatic carbocycles. The molecule has 0 aromatic heterocycles. The summed E-state index contributed by atoms with van der Waals surface area (Å²) in [5.41, 5.74) is 0.784. The van der Waals surface area contributed by atoms with E-state index in [1.807, 2.05) is 20.8 Å². The van der Waals surface area contributed by atoms with Gasteiger partial charge in [0, 0.05) is 24.0 Å². The van der Waals surface area contributed by atoms with Gasteiger partial charge in [0.2, 0.25) is 0 Å². The molecule has 1 aromatic rings. The van der Waals surface area contributed by atoms with Crippen molar-refractivity contribution in [1.82, 2.24) is 10.6 Å². The molecule has 1 rings (SSSR count). The lowest BCUT2D eigenvalue weighted by Crippen LogP contribution is -2.42. The van der Waals surface area contributed by atoms with Crippen LogP contribution in [0.1, 0.15) is 39.7 Å². The molecular formula is C17H28N2O2S. The minimum atomic E-state index is -0.460. The summed E-state index contributed by atoms with van der Waals surface area (Å²) in [6.07, 6.45) is 2.65. The number of thioether (sulfide) groups is 1. The van der Waals surface area contributed by atoms with Crippen LogP contribution in [-0.2, 0) is 11.3 Å². The van der Waals surface area contributed by atoms with Crippen molar-refractivity contribution in [1.29, 1.82) is 0 Å². The zero-order valence-electron chi connectivity index (χ0n) is 14.2. The van der Waals surface area contributed by atoms with Gasteiger partial charge in [0.25, 0.3) is 0 Å². The van der Waals surface area contributed by atoms with Crippen molar-refractivity contribution in [3.63, 3.8) is 0 Å². The third-order valence-corrected chi connectivity index (χ3v) is 3.88. The van der Waals surface area contributed by atoms with Gasteiger partial charge >= 0.3 is 6.09 Å². The molecule has 0 aliphatic heterocycles. The Bertz CT molecular complexity index is 455. The molecule has 0 spiro atoms. The molecule has 2 N–H and O–H groups in total. The smallest absolute Gasteiger partial charge is 0.407 e. The molecule has 0 bridgehead atoms. The summed E-state index contributed by atoms with van der Waals surface area (Å²) in [6.45, 7) is 9.05. The molecule has 1 amide bonds. The highest BCUT2D eigenvalue weighted by Crippen LogP contribution is 2.14. The largest absolute Gasteiger partial charge is 0.444 e. The number of rotatable bonds is 7. The van der Waals surface area contributed by atoms with Crippen molar-refractivity contribution in [2.24, 2.45) is 0 Å². The van der Waals surface area contributed by atoms with Crippen LogP contribution in [-0.4, -0.2) is 30.5 Å². The maximum Gasteiger partial charge on any atom is 0.407 e. The van der Waals surface area contributed by atoms with E-state index in [1.54, 1.807) is 11.8 Å². The second-order valence-electron chi connectivity index (χ2n) is 6.22. The Kier molecular flexibility index (Phi) is 7.76. The van der Waals surface area contributed by atoms with E-state index in [0.717, 1.165) is 13.0 Å². The number of benzene rings is 1. The Hall–Kier alpha value is -1.20. The fourth-order valence-corrected chi connectivity index (χ4v) is 2.30. The zero-order valence-corrected chi connectivity index (χ0v) is 15.0. The molecule has 5 heteroatoms. The quantitative estimate of drug-likeness (QED) is 0.749. The van der Waals surface area contributed by atoms with E-state index in [-0.39, 0.29) is 12.1 Å². The second-order valence-corrected chi connectivity index (χ2v) is 7.10. The van der Waals surface area contributed by atoms with Crippen LogP contribution in [0.25, 0.3) is 0 Å². The first-order valence-corrected chi connectivity index (χ1v) is 8.89. The SMILES string of the molecule is CCC(CNC(=O)OC(C)(C)C)NCc1ccc(SC)cc1. The van der Waals surface area contributed by atoms with Crippen LogP contribution < -0.4 is 10.6 Å². The Morgan fingerprint density at radius 1 is 1.27 bits per heavy atom. The Morgan fingerprint density at radius 3 is 2.41 bits per heavy atom. The van der Waals surface area contributed by atoms with Crippen molar-refractivity contribution in [3.8, 4) is 0 Å². The summed E-state index contributed by atoms with van der Waals surface area (Å²) in [4.78, 5) is 12.9. The molecule has 0 saturated heterocycles. The second kappa shape index (κ2) is 9.06. The van der Waals surface area contributed by atoms with E-state index in [0.29, 0.717) is 6.54 Å². The highest BCUT2D eigenvalue weighted by atomic mass is 32.2. The lowest BCUT2D eigenvalue weighted by atomic mass is 10.2. The Balaban J connectivity index is 2.36. The van der Waals surface area contributed by atoms with Crippen molar-refractivity contribution < 1.29 is 9.53 Å². The molecule has 0 aliphatic rings. The number of hydrogen-bond donors (Lipinski definition) is 2. The number of nitrogens with one attached hydrogen (secondary N) is 2. The van der Waals surface area contributed by atoms with Crippen LogP contribution in [0.4, 0.5) is 4.79 Å². The predicted molar refractivity (Wildman–Crippen MR) is 93.4 cm³/mol. The monoisotopic (exact) mass is 324 g/mol. The minimum absolute atomic E-state index is 0.229. The minimum Gasteiger partial charge on any atom is -0.444 e. The van der Waals surface area contributed by atoms with Crippen LogP contribution in [0, 0.1) is 0 Å². The van der Waals surface area contributed by atoms with Gasteiger partial charge in [0.05, 0.1) is 0 Å². The van der Waals surface area contributed by atoms with Gasteiger partial charge in [-0.3, -0.25) is 0 Å². The molecular weight excluding hydrogens is 296 g/mol. The van der Waals surface area contributed by atoms with Gasteiger partial charge in [-0.25, -0.2) is 4.79 Å². The average molecular weight is 324 g/mol. The maximum absolute atomic E-state index is 11.7. The maximum atomic E-state index is 11.7. The summed E-state index contributed by atoms with van der Waals surface area (Å²) >= 11 is 1.74. The van der Waals surface area contributed by atoms with E-state index in [1.165, 1.54) is 10.5 Å². The molecule has 124 valence electrons. The molecule has 0 fully saturated rings. The number of carbonyl (C=O) groups excluding carboxylic acids is 1. The van der Waals surface area contributed by atoms with Crippen molar-refractivity contribution in [3.05, 3.63) is 29.8 Å². The third kappa shape index (κ3) is 7.71. The van der Waals surface area contributed by atoms with E-state index in [4.69, 9.17) is 4.74 Å². The molecule has 0 saturated carbocycles. The Morgan fingerprint density at radius 2 is 1.91 bits per heavy atom. The molecule has 4 nitrogen and oxygen atoms in total. The highest BCUT2D eigenvalue weighted by Gasteiger charge is 2.16. The predicted octanol–water partition coefficient (Wildman–Crippen LogP) is 3.80. The van der Waals surface area contributed by atoms with Crippen LogP contribution in [0.5, 0.6) is 0 Å². The van der Waals surface area contributed by atoms with Gasteiger partial charge in [-0.05, 0) is 51.1 Å². The number of amides is 1. The standard InChI is InChI=1S/C17H28N2O2S/c1-6-14(12-19-16(20)21-17(2,3)4)18-11-13-7-9-15(22-5)10-8-13/h7-10,14,18H,6,11-12H2,1-5H3,(H,19,20). The van der Waals surface area contributed by atoms with Crippen LogP contribution in [0.15, 0.2) is 29.2 Å². The zero-order chi connectivity index (χ0) is 16.6. The summed E-state index contributed by atoms with van der Waals surface area (Å²) in [6, 6.07) is 8.75. The average Bonchev–Trinajstić information content (AvgIpc) is 2.46. The van der Waals surface area contributed by atoms with E-state index in [2.05, 4.69) is 48.1 Å². The van der Waals surface area contributed by atoms with Gasteiger partial charge in [-0.1, -0.05) is 19.1 Å². The molecule has 22 heavy (non-hydrogen) atoms. The first-order valence-electron chi connectivity index (χ1n) is 7.67. The summed E-state index contributed by atoms with van der Waals surface area (Å²) in [5, 5.41) is 6.28. The summed E-state index contributed by atoms with van der Waals surface area (Å²) in [7, 11) is 0. The van der Waals surface area contributed by atoms with E-state index in [9.17, 15) is 4.79 Å². The van der Waals surface area contributed by atoms with Crippen LogP contribution >= 0.6 is 11.8 Å². The van der Waals surface area contributed by atoms with E-state index >= 15 is 0 Å². The normalized spacial score (nSPS) is 12.8. The van der Waals surface area contributed by atoms with Crippen molar-refractivity contribution in [2.75, 3.05) is 12.8 Å². The molecule has 0 heterocycles. The summed E-state index contributed by atoms with van der Waals surface area (Å²) < 4.78 is 5.24. The first kappa shape index (κ1) is 18.8. The highest BCUT2D eigenvalue weighted by molar-refractivity contribution is 7.98. The lowest BCUT2D eigenvalue weighted by Gasteiger charge is -2.22. The van der Waals surface area contributed by atoms with Crippen LogP contribution in [0.3, 0.4) is 0 Å². The fraction of sp³-hybridized carbons (Fsp3) is 0.588. The van der Waals surface area contributed by atoms with Crippen molar-refractivity contribution in [2.45, 2.75) is 57.2 Å². The topological polar surface area (TPSA) is 50.4 Å². The van der Waals surface area contributed by atoms with Gasteiger partial charge in [0.15, 0.2) is 0 Å². The number of hydrogen-bond acceptors (Lipinski definition) is 4. The lowest BCUT2D eigenvalue weighted by molar-refractivity contribution is 0.0522. The van der Waals surface area contributed by atoms with Gasteiger partial charge < -0.3 is 15.4 Å². The number of alkyl carbamates (subject to hydrolysis) is 1. The van der Waals surface area contributed by atoms with Gasteiger partial charge in [-0.2, -0.15) is 0 Å². The van der Waals surface area contributed by atoms with Gasteiger partial charge in [-0.15, -0.1) is 11.8 Å². The molecule has 1 unspecified atom stereocenters.